The Morgan fingerprint density at radius 1 is 1.18 bits per heavy atom. The fourth-order valence-electron chi connectivity index (χ4n) is 2.15. The first-order chi connectivity index (χ1) is 10.6. The molecule has 1 rings (SSSR count). The zero-order valence-corrected chi connectivity index (χ0v) is 14.6. The molecule has 0 saturated heterocycles. The van der Waals surface area contributed by atoms with Crippen LogP contribution in [0.15, 0.2) is 35.3 Å². The van der Waals surface area contributed by atoms with E-state index in [0.29, 0.717) is 5.92 Å². The van der Waals surface area contributed by atoms with E-state index in [9.17, 15) is 0 Å². The van der Waals surface area contributed by atoms with E-state index in [2.05, 4.69) is 78.7 Å². The lowest BCUT2D eigenvalue weighted by molar-refractivity contribution is 0.322. The van der Waals surface area contributed by atoms with Gasteiger partial charge < -0.3 is 15.5 Å². The van der Waals surface area contributed by atoms with Gasteiger partial charge in [-0.3, -0.25) is 4.99 Å². The third-order valence-corrected chi connectivity index (χ3v) is 3.26. The number of aliphatic imine (C=N–C) groups is 1. The Morgan fingerprint density at radius 2 is 1.91 bits per heavy atom. The molecule has 0 aliphatic carbocycles. The minimum absolute atomic E-state index is 0.590. The van der Waals surface area contributed by atoms with Crippen molar-refractivity contribution in [2.24, 2.45) is 10.9 Å². The maximum atomic E-state index is 4.58. The summed E-state index contributed by atoms with van der Waals surface area (Å²) in [4.78, 5) is 6.93. The minimum Gasteiger partial charge on any atom is -0.357 e. The fourth-order valence-corrected chi connectivity index (χ4v) is 2.15. The average molecular weight is 304 g/mol. The van der Waals surface area contributed by atoms with Crippen LogP contribution in [-0.2, 0) is 6.54 Å². The molecular formula is C18H32N4. The lowest BCUT2D eigenvalue weighted by Crippen LogP contribution is -2.38. The molecule has 0 radical (unpaired) electrons. The Balaban J connectivity index is 2.23. The van der Waals surface area contributed by atoms with Crippen LogP contribution in [0.25, 0.3) is 0 Å². The molecule has 124 valence electrons. The van der Waals surface area contributed by atoms with Crippen LogP contribution in [0.4, 0.5) is 0 Å². The summed E-state index contributed by atoms with van der Waals surface area (Å²) in [5.74, 6) is 1.52. The Bertz CT molecular complexity index is 414. The number of benzene rings is 1. The summed E-state index contributed by atoms with van der Waals surface area (Å²) in [7, 11) is 2.17. The highest BCUT2D eigenvalue weighted by Gasteiger charge is 2.01. The van der Waals surface area contributed by atoms with Crippen LogP contribution in [0.3, 0.4) is 0 Å². The third kappa shape index (κ3) is 8.67. The maximum Gasteiger partial charge on any atom is 0.191 e. The highest BCUT2D eigenvalue weighted by molar-refractivity contribution is 5.79. The number of hydrogen-bond acceptors (Lipinski definition) is 2. The van der Waals surface area contributed by atoms with Crippen LogP contribution in [0.2, 0.25) is 0 Å². The van der Waals surface area contributed by atoms with Crippen LogP contribution in [0.1, 0.15) is 32.8 Å². The van der Waals surface area contributed by atoms with Gasteiger partial charge in [-0.25, -0.2) is 0 Å². The number of guanidine groups is 1. The maximum absolute atomic E-state index is 4.58. The molecule has 22 heavy (non-hydrogen) atoms. The van der Waals surface area contributed by atoms with Gasteiger partial charge in [-0.2, -0.15) is 0 Å². The van der Waals surface area contributed by atoms with Crippen molar-refractivity contribution in [2.75, 3.05) is 33.2 Å². The number of rotatable bonds is 9. The summed E-state index contributed by atoms with van der Waals surface area (Å²) in [6.07, 6.45) is 1.11. The van der Waals surface area contributed by atoms with Crippen molar-refractivity contribution in [3.8, 4) is 0 Å². The summed E-state index contributed by atoms with van der Waals surface area (Å²) >= 11 is 0. The molecule has 0 aromatic heterocycles. The summed E-state index contributed by atoms with van der Waals surface area (Å²) < 4.78 is 0. The van der Waals surface area contributed by atoms with Gasteiger partial charge in [0.2, 0.25) is 0 Å². The number of nitrogens with zero attached hydrogens (tertiary/aromatic N) is 2. The molecule has 1 aromatic rings. The van der Waals surface area contributed by atoms with Crippen LogP contribution in [0.5, 0.6) is 0 Å². The number of nitrogens with one attached hydrogen (secondary N) is 2. The quantitative estimate of drug-likeness (QED) is 0.419. The van der Waals surface area contributed by atoms with Gasteiger partial charge in [0.25, 0.3) is 0 Å². The van der Waals surface area contributed by atoms with E-state index < -0.39 is 0 Å². The third-order valence-electron chi connectivity index (χ3n) is 3.26. The first-order valence-electron chi connectivity index (χ1n) is 8.36. The van der Waals surface area contributed by atoms with Crippen molar-refractivity contribution in [3.05, 3.63) is 35.9 Å². The highest BCUT2D eigenvalue weighted by Crippen LogP contribution is 2.02. The van der Waals surface area contributed by atoms with Gasteiger partial charge in [-0.15, -0.1) is 0 Å². The molecule has 4 nitrogen and oxygen atoms in total. The van der Waals surface area contributed by atoms with Gasteiger partial charge in [-0.05, 0) is 38.4 Å². The largest absolute Gasteiger partial charge is 0.357 e. The van der Waals surface area contributed by atoms with Gasteiger partial charge in [0.1, 0.15) is 0 Å². The Morgan fingerprint density at radius 3 is 2.55 bits per heavy atom. The average Bonchev–Trinajstić information content (AvgIpc) is 2.50. The van der Waals surface area contributed by atoms with E-state index >= 15 is 0 Å². The Labute approximate surface area is 136 Å². The predicted molar refractivity (Wildman–Crippen MR) is 96.2 cm³/mol. The monoisotopic (exact) mass is 304 g/mol. The molecule has 0 aliphatic rings. The van der Waals surface area contributed by atoms with Crippen molar-refractivity contribution < 1.29 is 0 Å². The van der Waals surface area contributed by atoms with E-state index in [4.69, 9.17) is 0 Å². The zero-order valence-electron chi connectivity index (χ0n) is 14.6. The molecule has 0 unspecified atom stereocenters. The molecule has 0 saturated carbocycles. The van der Waals surface area contributed by atoms with E-state index in [-0.39, 0.29) is 0 Å². The summed E-state index contributed by atoms with van der Waals surface area (Å²) in [5, 5.41) is 6.70. The van der Waals surface area contributed by atoms with Gasteiger partial charge in [0.05, 0.1) is 0 Å². The van der Waals surface area contributed by atoms with Crippen molar-refractivity contribution in [3.63, 3.8) is 0 Å². The molecule has 0 amide bonds. The normalized spacial score (nSPS) is 12.0. The second-order valence-electron chi connectivity index (χ2n) is 6.12. The van der Waals surface area contributed by atoms with E-state index in [1.807, 2.05) is 0 Å². The Hall–Kier alpha value is -1.55. The second-order valence-corrected chi connectivity index (χ2v) is 6.12. The first kappa shape index (κ1) is 18.5. The van der Waals surface area contributed by atoms with Crippen molar-refractivity contribution in [1.29, 1.82) is 0 Å². The smallest absolute Gasteiger partial charge is 0.191 e. The van der Waals surface area contributed by atoms with Gasteiger partial charge in [0.15, 0.2) is 5.96 Å². The van der Waals surface area contributed by atoms with Crippen LogP contribution in [-0.4, -0.2) is 44.1 Å². The van der Waals surface area contributed by atoms with E-state index in [0.717, 1.165) is 45.1 Å². The molecule has 0 spiro atoms. The lowest BCUT2D eigenvalue weighted by atomic mass is 10.2. The fraction of sp³-hybridized carbons (Fsp3) is 0.611. The Kier molecular flexibility index (Phi) is 9.31. The second kappa shape index (κ2) is 11.1. The summed E-state index contributed by atoms with van der Waals surface area (Å²) in [5.41, 5.74) is 1.37. The lowest BCUT2D eigenvalue weighted by Gasteiger charge is -2.17. The SMILES string of the molecule is CCNC(=NCC(C)C)NCCCN(C)Cc1ccccc1. The molecule has 0 aliphatic heterocycles. The van der Waals surface area contributed by atoms with Crippen molar-refractivity contribution in [1.82, 2.24) is 15.5 Å². The van der Waals surface area contributed by atoms with Gasteiger partial charge >= 0.3 is 0 Å². The van der Waals surface area contributed by atoms with E-state index in [1.165, 1.54) is 5.56 Å². The minimum atomic E-state index is 0.590. The molecule has 2 N–H and O–H groups in total. The first-order valence-corrected chi connectivity index (χ1v) is 8.36. The highest BCUT2D eigenvalue weighted by atomic mass is 15.2. The summed E-state index contributed by atoms with van der Waals surface area (Å²) in [6, 6.07) is 10.6. The van der Waals surface area contributed by atoms with Gasteiger partial charge in [0, 0.05) is 26.2 Å². The van der Waals surface area contributed by atoms with Crippen molar-refractivity contribution >= 4 is 5.96 Å². The standard InChI is InChI=1S/C18H32N4/c1-5-19-18(21-14-16(2)3)20-12-9-13-22(4)15-17-10-7-6-8-11-17/h6-8,10-11,16H,5,9,12-15H2,1-4H3,(H2,19,20,21). The topological polar surface area (TPSA) is 39.7 Å². The molecule has 1 aromatic carbocycles. The summed E-state index contributed by atoms with van der Waals surface area (Å²) in [6.45, 7) is 11.3. The van der Waals surface area contributed by atoms with Crippen LogP contribution >= 0.6 is 0 Å². The van der Waals surface area contributed by atoms with Crippen molar-refractivity contribution in [2.45, 2.75) is 33.7 Å². The number of hydrogen-bond donors (Lipinski definition) is 2. The van der Waals surface area contributed by atoms with Crippen LogP contribution in [0, 0.1) is 5.92 Å². The molecule has 0 atom stereocenters. The predicted octanol–water partition coefficient (Wildman–Crippen LogP) is 2.72. The zero-order chi connectivity index (χ0) is 16.2. The molecule has 0 bridgehead atoms. The van der Waals surface area contributed by atoms with Gasteiger partial charge in [-0.1, -0.05) is 44.2 Å². The molecule has 4 heteroatoms. The molecule has 0 heterocycles. The molecular weight excluding hydrogens is 272 g/mol. The molecule has 0 fully saturated rings. The van der Waals surface area contributed by atoms with Crippen LogP contribution < -0.4 is 10.6 Å². The van der Waals surface area contributed by atoms with E-state index in [1.54, 1.807) is 0 Å².